The van der Waals surface area contributed by atoms with Crippen LogP contribution in [0.1, 0.15) is 25.7 Å². The lowest BCUT2D eigenvalue weighted by atomic mass is 9.96. The lowest BCUT2D eigenvalue weighted by Crippen LogP contribution is -2.30. The van der Waals surface area contributed by atoms with Crippen LogP contribution in [0, 0.1) is 0 Å². The van der Waals surface area contributed by atoms with Gasteiger partial charge in [0.2, 0.25) is 0 Å². The maximum atomic E-state index is 11.5. The Morgan fingerprint density at radius 2 is 1.93 bits per heavy atom. The average molecular weight is 206 g/mol. The number of hydrogen-bond acceptors (Lipinski definition) is 3. The number of aromatic hydroxyl groups is 1. The number of ketones is 1. The highest BCUT2D eigenvalue weighted by Crippen LogP contribution is 2.22. The summed E-state index contributed by atoms with van der Waals surface area (Å²) in [6, 6.07) is 6.47. The summed E-state index contributed by atoms with van der Waals surface area (Å²) in [6.07, 6.45) is 3.17. The Labute approximate surface area is 88.7 Å². The molecule has 0 radical (unpaired) electrons. The van der Waals surface area contributed by atoms with Crippen LogP contribution in [0.4, 0.5) is 0 Å². The summed E-state index contributed by atoms with van der Waals surface area (Å²) < 4.78 is 5.56. The molecule has 15 heavy (non-hydrogen) atoms. The van der Waals surface area contributed by atoms with Gasteiger partial charge in [-0.2, -0.15) is 0 Å². The minimum atomic E-state index is -0.289. The van der Waals surface area contributed by atoms with Crippen LogP contribution in [0.25, 0.3) is 0 Å². The fourth-order valence-corrected chi connectivity index (χ4v) is 1.76. The van der Waals surface area contributed by atoms with Gasteiger partial charge in [-0.3, -0.25) is 4.79 Å². The molecule has 0 spiro atoms. The Hall–Kier alpha value is -1.51. The molecule has 0 heterocycles. The Balaban J connectivity index is 2.01. The van der Waals surface area contributed by atoms with Gasteiger partial charge in [0, 0.05) is 6.42 Å². The van der Waals surface area contributed by atoms with E-state index in [2.05, 4.69) is 0 Å². The standard InChI is InChI=1S/C12H14O3/c13-9-5-7-10(8-6-9)15-12-4-2-1-3-11(12)14/h5-8,12-13H,1-4H2. The van der Waals surface area contributed by atoms with Crippen LogP contribution in [-0.4, -0.2) is 17.0 Å². The number of carbonyl (C=O) groups excluding carboxylic acids is 1. The number of rotatable bonds is 2. The number of ether oxygens (including phenoxy) is 1. The first-order valence-electron chi connectivity index (χ1n) is 5.24. The molecule has 1 aromatic carbocycles. The summed E-state index contributed by atoms with van der Waals surface area (Å²) in [5, 5.41) is 9.09. The molecule has 0 aliphatic heterocycles. The minimum absolute atomic E-state index is 0.189. The van der Waals surface area contributed by atoms with Gasteiger partial charge >= 0.3 is 0 Å². The Morgan fingerprint density at radius 3 is 2.60 bits per heavy atom. The molecule has 1 N–H and O–H groups in total. The van der Waals surface area contributed by atoms with Crippen molar-refractivity contribution in [3.05, 3.63) is 24.3 Å². The lowest BCUT2D eigenvalue weighted by molar-refractivity contribution is -0.127. The molecule has 0 aromatic heterocycles. The van der Waals surface area contributed by atoms with Gasteiger partial charge in [0.25, 0.3) is 0 Å². The summed E-state index contributed by atoms with van der Waals surface area (Å²) >= 11 is 0. The number of phenols is 1. The summed E-state index contributed by atoms with van der Waals surface area (Å²) in [5.41, 5.74) is 0. The third-order valence-corrected chi connectivity index (χ3v) is 2.61. The predicted molar refractivity (Wildman–Crippen MR) is 56.0 cm³/mol. The molecule has 1 aromatic rings. The zero-order valence-electron chi connectivity index (χ0n) is 8.48. The van der Waals surface area contributed by atoms with Crippen molar-refractivity contribution in [3.63, 3.8) is 0 Å². The van der Waals surface area contributed by atoms with Crippen molar-refractivity contribution >= 4 is 5.78 Å². The van der Waals surface area contributed by atoms with Crippen molar-refractivity contribution in [2.45, 2.75) is 31.8 Å². The summed E-state index contributed by atoms with van der Waals surface area (Å²) in [4.78, 5) is 11.5. The fourth-order valence-electron chi connectivity index (χ4n) is 1.76. The molecule has 1 aliphatic carbocycles. The SMILES string of the molecule is O=C1CCCCC1Oc1ccc(O)cc1. The molecule has 1 saturated carbocycles. The highest BCUT2D eigenvalue weighted by Gasteiger charge is 2.23. The topological polar surface area (TPSA) is 46.5 Å². The van der Waals surface area contributed by atoms with Gasteiger partial charge < -0.3 is 9.84 Å². The first-order valence-corrected chi connectivity index (χ1v) is 5.24. The van der Waals surface area contributed by atoms with E-state index < -0.39 is 0 Å². The highest BCUT2D eigenvalue weighted by molar-refractivity contribution is 5.84. The maximum absolute atomic E-state index is 11.5. The van der Waals surface area contributed by atoms with Gasteiger partial charge in [-0.1, -0.05) is 0 Å². The molecule has 1 unspecified atom stereocenters. The molecule has 0 saturated heterocycles. The van der Waals surface area contributed by atoms with E-state index in [9.17, 15) is 4.79 Å². The van der Waals surface area contributed by atoms with Gasteiger partial charge in [-0.25, -0.2) is 0 Å². The zero-order chi connectivity index (χ0) is 10.7. The van der Waals surface area contributed by atoms with Crippen LogP contribution >= 0.6 is 0 Å². The summed E-state index contributed by atoms with van der Waals surface area (Å²) in [7, 11) is 0. The van der Waals surface area contributed by atoms with Gasteiger partial charge in [-0.05, 0) is 43.5 Å². The smallest absolute Gasteiger partial charge is 0.173 e. The zero-order valence-corrected chi connectivity index (χ0v) is 8.48. The second-order valence-corrected chi connectivity index (χ2v) is 3.81. The largest absolute Gasteiger partial charge is 0.508 e. The molecule has 3 heteroatoms. The lowest BCUT2D eigenvalue weighted by Gasteiger charge is -2.21. The molecular weight excluding hydrogens is 192 g/mol. The Bertz CT molecular complexity index is 342. The van der Waals surface area contributed by atoms with Gasteiger partial charge in [0.1, 0.15) is 11.5 Å². The van der Waals surface area contributed by atoms with E-state index in [1.54, 1.807) is 24.3 Å². The minimum Gasteiger partial charge on any atom is -0.508 e. The molecule has 2 rings (SSSR count). The predicted octanol–water partition coefficient (Wildman–Crippen LogP) is 2.28. The van der Waals surface area contributed by atoms with Gasteiger partial charge in [0.05, 0.1) is 0 Å². The normalized spacial score (nSPS) is 21.3. The number of hydrogen-bond donors (Lipinski definition) is 1. The number of carbonyl (C=O) groups is 1. The average Bonchev–Trinajstić information content (AvgIpc) is 2.25. The van der Waals surface area contributed by atoms with Crippen molar-refractivity contribution in [1.82, 2.24) is 0 Å². The van der Waals surface area contributed by atoms with Gasteiger partial charge in [0.15, 0.2) is 11.9 Å². The second-order valence-electron chi connectivity index (χ2n) is 3.81. The second kappa shape index (κ2) is 4.34. The van der Waals surface area contributed by atoms with E-state index in [1.165, 1.54) is 0 Å². The summed E-state index contributed by atoms with van der Waals surface area (Å²) in [6.45, 7) is 0. The molecular formula is C12H14O3. The van der Waals surface area contributed by atoms with Crippen LogP contribution in [0.15, 0.2) is 24.3 Å². The molecule has 1 aliphatic rings. The number of Topliss-reactive ketones (excluding diaryl/α,β-unsaturated/α-hetero) is 1. The third-order valence-electron chi connectivity index (χ3n) is 2.61. The first-order chi connectivity index (χ1) is 7.25. The maximum Gasteiger partial charge on any atom is 0.173 e. The molecule has 1 fully saturated rings. The Morgan fingerprint density at radius 1 is 1.20 bits per heavy atom. The van der Waals surface area contributed by atoms with E-state index in [-0.39, 0.29) is 17.6 Å². The van der Waals surface area contributed by atoms with Crippen LogP contribution in [0.2, 0.25) is 0 Å². The van der Waals surface area contributed by atoms with Crippen molar-refractivity contribution in [3.8, 4) is 11.5 Å². The first kappa shape index (κ1) is 10.0. The third kappa shape index (κ3) is 2.49. The van der Waals surface area contributed by atoms with Crippen LogP contribution in [0.3, 0.4) is 0 Å². The molecule has 80 valence electrons. The van der Waals surface area contributed by atoms with Crippen molar-refractivity contribution in [2.24, 2.45) is 0 Å². The van der Waals surface area contributed by atoms with Crippen molar-refractivity contribution in [2.75, 3.05) is 0 Å². The molecule has 0 bridgehead atoms. The molecule has 0 amide bonds. The van der Waals surface area contributed by atoms with E-state index >= 15 is 0 Å². The quantitative estimate of drug-likeness (QED) is 0.807. The van der Waals surface area contributed by atoms with E-state index in [1.807, 2.05) is 0 Å². The van der Waals surface area contributed by atoms with Crippen molar-refractivity contribution in [1.29, 1.82) is 0 Å². The van der Waals surface area contributed by atoms with E-state index in [0.717, 1.165) is 19.3 Å². The summed E-state index contributed by atoms with van der Waals surface area (Å²) in [5.74, 6) is 1.04. The van der Waals surface area contributed by atoms with Crippen molar-refractivity contribution < 1.29 is 14.6 Å². The molecule has 3 nitrogen and oxygen atoms in total. The monoisotopic (exact) mass is 206 g/mol. The van der Waals surface area contributed by atoms with Crippen LogP contribution in [-0.2, 0) is 4.79 Å². The van der Waals surface area contributed by atoms with E-state index in [0.29, 0.717) is 12.2 Å². The van der Waals surface area contributed by atoms with E-state index in [4.69, 9.17) is 9.84 Å². The number of benzene rings is 1. The molecule has 1 atom stereocenters. The highest BCUT2D eigenvalue weighted by atomic mass is 16.5. The van der Waals surface area contributed by atoms with Crippen LogP contribution in [0.5, 0.6) is 11.5 Å². The van der Waals surface area contributed by atoms with Crippen LogP contribution < -0.4 is 4.74 Å². The Kier molecular flexibility index (Phi) is 2.90. The fraction of sp³-hybridized carbons (Fsp3) is 0.417. The van der Waals surface area contributed by atoms with Gasteiger partial charge in [-0.15, -0.1) is 0 Å². The number of phenolic OH excluding ortho intramolecular Hbond substituents is 1.